The number of halogens is 1. The van der Waals surface area contributed by atoms with Gasteiger partial charge in [-0.25, -0.2) is 14.2 Å². The zero-order chi connectivity index (χ0) is 22.0. The van der Waals surface area contributed by atoms with Gasteiger partial charge in [-0.2, -0.15) is 0 Å². The van der Waals surface area contributed by atoms with E-state index in [9.17, 15) is 14.0 Å². The monoisotopic (exact) mass is 422 g/mol. The van der Waals surface area contributed by atoms with E-state index >= 15 is 0 Å². The van der Waals surface area contributed by atoms with Gasteiger partial charge in [0.05, 0.1) is 13.1 Å². The molecule has 4 rings (SSSR count). The summed E-state index contributed by atoms with van der Waals surface area (Å²) in [5.74, 6) is 0.935. The number of primary amides is 1. The molecular formula is C22H23FN6O2. The van der Waals surface area contributed by atoms with E-state index in [0.717, 1.165) is 22.6 Å². The molecule has 2 aromatic carbocycles. The number of carbonyl (C=O) groups is 2. The number of urea groups is 1. The first-order valence-corrected chi connectivity index (χ1v) is 9.91. The Balaban J connectivity index is 1.67. The molecule has 3 aromatic rings. The molecule has 0 fully saturated rings. The van der Waals surface area contributed by atoms with Crippen LogP contribution in [0.3, 0.4) is 0 Å². The Morgan fingerprint density at radius 3 is 2.48 bits per heavy atom. The summed E-state index contributed by atoms with van der Waals surface area (Å²) < 4.78 is 15.5. The van der Waals surface area contributed by atoms with Gasteiger partial charge in [0.25, 0.3) is 0 Å². The zero-order valence-electron chi connectivity index (χ0n) is 17.1. The quantitative estimate of drug-likeness (QED) is 0.588. The van der Waals surface area contributed by atoms with Crippen LogP contribution >= 0.6 is 0 Å². The molecule has 2 heterocycles. The van der Waals surface area contributed by atoms with Gasteiger partial charge in [0.15, 0.2) is 0 Å². The van der Waals surface area contributed by atoms with Crippen molar-refractivity contribution in [2.24, 2.45) is 5.73 Å². The first kappa shape index (κ1) is 20.4. The number of anilines is 2. The highest BCUT2D eigenvalue weighted by Gasteiger charge is 2.27. The van der Waals surface area contributed by atoms with Gasteiger partial charge in [-0.15, -0.1) is 0 Å². The Bertz CT molecular complexity index is 1110. The smallest absolute Gasteiger partial charge is 0.312 e. The van der Waals surface area contributed by atoms with Gasteiger partial charge in [0.1, 0.15) is 23.2 Å². The standard InChI is InChI=1S/C22H23FN6O2/c1-14-2-8-17(9-3-14)26-21-20(15-4-6-16(23)7-5-15)27-18-13-28(10-11-29(18)21)19(30)12-25-22(24)31/h2-9,26H,10-13H2,1H3,(H3,24,25,31). The minimum atomic E-state index is -0.741. The molecule has 3 amide bonds. The number of nitrogens with two attached hydrogens (primary N) is 1. The van der Waals surface area contributed by atoms with Crippen molar-refractivity contribution in [2.45, 2.75) is 20.0 Å². The summed E-state index contributed by atoms with van der Waals surface area (Å²) in [5.41, 5.74) is 8.56. The number of hydrogen-bond acceptors (Lipinski definition) is 4. The lowest BCUT2D eigenvalue weighted by atomic mass is 10.1. The molecule has 0 unspecified atom stereocenters. The molecule has 0 saturated heterocycles. The van der Waals surface area contributed by atoms with Gasteiger partial charge in [-0.05, 0) is 43.3 Å². The first-order valence-electron chi connectivity index (χ1n) is 9.91. The second kappa shape index (κ2) is 8.47. The van der Waals surface area contributed by atoms with Gasteiger partial charge in [-0.1, -0.05) is 17.7 Å². The Labute approximate surface area is 178 Å². The average Bonchev–Trinajstić information content (AvgIpc) is 3.11. The SMILES string of the molecule is Cc1ccc(Nc2c(-c3ccc(F)cc3)nc3n2CCN(C(=O)CNC(N)=O)C3)cc1. The molecule has 8 nitrogen and oxygen atoms in total. The minimum Gasteiger partial charge on any atom is -0.352 e. The van der Waals surface area contributed by atoms with Gasteiger partial charge in [0, 0.05) is 24.3 Å². The lowest BCUT2D eigenvalue weighted by Gasteiger charge is -2.28. The van der Waals surface area contributed by atoms with Crippen LogP contribution < -0.4 is 16.4 Å². The first-order chi connectivity index (χ1) is 14.9. The summed E-state index contributed by atoms with van der Waals surface area (Å²) in [7, 11) is 0. The number of aromatic nitrogens is 2. The van der Waals surface area contributed by atoms with Crippen LogP contribution in [0.5, 0.6) is 0 Å². The zero-order valence-corrected chi connectivity index (χ0v) is 17.1. The van der Waals surface area contributed by atoms with Gasteiger partial charge < -0.3 is 25.8 Å². The van der Waals surface area contributed by atoms with Crippen LogP contribution in [-0.4, -0.2) is 39.5 Å². The summed E-state index contributed by atoms with van der Waals surface area (Å²) in [6, 6.07) is 13.4. The second-order valence-electron chi connectivity index (χ2n) is 7.41. The second-order valence-corrected chi connectivity index (χ2v) is 7.41. The van der Waals surface area contributed by atoms with Crippen molar-refractivity contribution in [1.82, 2.24) is 19.8 Å². The number of nitrogens with one attached hydrogen (secondary N) is 2. The lowest BCUT2D eigenvalue weighted by Crippen LogP contribution is -2.45. The third-order valence-corrected chi connectivity index (χ3v) is 5.17. The van der Waals surface area contributed by atoms with Crippen LogP contribution in [0.4, 0.5) is 20.7 Å². The van der Waals surface area contributed by atoms with Crippen LogP contribution in [0.1, 0.15) is 11.4 Å². The fourth-order valence-corrected chi connectivity index (χ4v) is 3.53. The fourth-order valence-electron chi connectivity index (χ4n) is 3.53. The molecule has 0 spiro atoms. The largest absolute Gasteiger partial charge is 0.352 e. The van der Waals surface area contributed by atoms with E-state index in [1.54, 1.807) is 17.0 Å². The van der Waals surface area contributed by atoms with E-state index < -0.39 is 6.03 Å². The normalized spacial score (nSPS) is 12.9. The third-order valence-electron chi connectivity index (χ3n) is 5.17. The summed E-state index contributed by atoms with van der Waals surface area (Å²) in [6.45, 7) is 3.15. The average molecular weight is 422 g/mol. The summed E-state index contributed by atoms with van der Waals surface area (Å²) >= 11 is 0. The van der Waals surface area contributed by atoms with E-state index in [1.807, 2.05) is 35.8 Å². The molecule has 31 heavy (non-hydrogen) atoms. The molecule has 1 aliphatic heterocycles. The lowest BCUT2D eigenvalue weighted by molar-refractivity contribution is -0.131. The predicted octanol–water partition coefficient (Wildman–Crippen LogP) is 2.75. The van der Waals surface area contributed by atoms with Crippen molar-refractivity contribution < 1.29 is 14.0 Å². The molecule has 160 valence electrons. The number of aryl methyl sites for hydroxylation is 1. The Kier molecular flexibility index (Phi) is 5.57. The highest BCUT2D eigenvalue weighted by Crippen LogP contribution is 2.33. The van der Waals surface area contributed by atoms with Crippen molar-refractivity contribution in [3.63, 3.8) is 0 Å². The maximum atomic E-state index is 13.5. The number of carbonyl (C=O) groups excluding carboxylic acids is 2. The van der Waals surface area contributed by atoms with Crippen LogP contribution in [0.15, 0.2) is 48.5 Å². The predicted molar refractivity (Wildman–Crippen MR) is 115 cm³/mol. The summed E-state index contributed by atoms with van der Waals surface area (Å²) in [5, 5.41) is 5.76. The molecule has 0 saturated carbocycles. The van der Waals surface area contributed by atoms with E-state index in [1.165, 1.54) is 12.1 Å². The van der Waals surface area contributed by atoms with Crippen LogP contribution in [0, 0.1) is 12.7 Å². The number of hydrogen-bond donors (Lipinski definition) is 3. The van der Waals surface area contributed by atoms with Crippen LogP contribution in [-0.2, 0) is 17.9 Å². The molecule has 1 aromatic heterocycles. The van der Waals surface area contributed by atoms with Gasteiger partial charge >= 0.3 is 6.03 Å². The number of benzene rings is 2. The van der Waals surface area contributed by atoms with Crippen molar-refractivity contribution in [3.05, 3.63) is 65.7 Å². The molecule has 4 N–H and O–H groups in total. The summed E-state index contributed by atoms with van der Waals surface area (Å²) in [6.07, 6.45) is 0. The van der Waals surface area contributed by atoms with Gasteiger partial charge in [-0.3, -0.25) is 4.79 Å². The number of fused-ring (bicyclic) bond motifs is 1. The van der Waals surface area contributed by atoms with Crippen LogP contribution in [0.25, 0.3) is 11.3 Å². The number of rotatable bonds is 5. The maximum Gasteiger partial charge on any atom is 0.312 e. The number of amides is 3. The third kappa shape index (κ3) is 4.50. The van der Waals surface area contributed by atoms with Crippen molar-refractivity contribution in [1.29, 1.82) is 0 Å². The topological polar surface area (TPSA) is 105 Å². The molecule has 9 heteroatoms. The molecule has 1 aliphatic rings. The maximum absolute atomic E-state index is 13.5. The van der Waals surface area contributed by atoms with Crippen molar-refractivity contribution >= 4 is 23.4 Å². The molecule has 0 radical (unpaired) electrons. The number of imidazole rings is 1. The van der Waals surface area contributed by atoms with Gasteiger partial charge in [0.2, 0.25) is 5.91 Å². The minimum absolute atomic E-state index is 0.157. The molecule has 0 aliphatic carbocycles. The Hall–Kier alpha value is -3.88. The summed E-state index contributed by atoms with van der Waals surface area (Å²) in [4.78, 5) is 29.7. The van der Waals surface area contributed by atoms with E-state index in [0.29, 0.717) is 31.2 Å². The fraction of sp³-hybridized carbons (Fsp3) is 0.227. The van der Waals surface area contributed by atoms with Crippen molar-refractivity contribution in [2.75, 3.05) is 18.4 Å². The number of nitrogens with zero attached hydrogens (tertiary/aromatic N) is 3. The van der Waals surface area contributed by atoms with E-state index in [-0.39, 0.29) is 18.3 Å². The highest BCUT2D eigenvalue weighted by atomic mass is 19.1. The van der Waals surface area contributed by atoms with Crippen molar-refractivity contribution in [3.8, 4) is 11.3 Å². The molecule has 0 atom stereocenters. The van der Waals surface area contributed by atoms with E-state index in [4.69, 9.17) is 10.7 Å². The van der Waals surface area contributed by atoms with Crippen LogP contribution in [0.2, 0.25) is 0 Å². The highest BCUT2D eigenvalue weighted by molar-refractivity contribution is 5.83. The Morgan fingerprint density at radius 2 is 1.81 bits per heavy atom. The molecule has 0 bridgehead atoms. The van der Waals surface area contributed by atoms with E-state index in [2.05, 4.69) is 10.6 Å². The molecular weight excluding hydrogens is 399 g/mol. The Morgan fingerprint density at radius 1 is 1.10 bits per heavy atom.